The number of nitrogens with zero attached hydrogens (tertiary/aromatic N) is 3. The molecule has 0 spiro atoms. The summed E-state index contributed by atoms with van der Waals surface area (Å²) in [6.07, 6.45) is 5.46. The van der Waals surface area contributed by atoms with Gasteiger partial charge in [0, 0.05) is 29.5 Å². The number of furan rings is 1. The highest BCUT2D eigenvalue weighted by molar-refractivity contribution is 7.99. The number of aromatic nitrogens is 2. The first-order valence-electron chi connectivity index (χ1n) is 12.3. The highest BCUT2D eigenvalue weighted by Crippen LogP contribution is 2.43. The lowest BCUT2D eigenvalue weighted by atomic mass is 9.99. The van der Waals surface area contributed by atoms with E-state index in [9.17, 15) is 0 Å². The minimum Gasteiger partial charge on any atom is -0.492 e. The molecule has 0 amide bonds. The third kappa shape index (κ3) is 5.63. The summed E-state index contributed by atoms with van der Waals surface area (Å²) in [4.78, 5) is 11.2. The van der Waals surface area contributed by atoms with E-state index in [1.54, 1.807) is 6.33 Å². The smallest absolute Gasteiger partial charge is 0.232 e. The molecule has 4 aromatic rings. The van der Waals surface area contributed by atoms with E-state index >= 15 is 0 Å². The third-order valence-electron chi connectivity index (χ3n) is 6.25. The number of rotatable bonds is 9. The van der Waals surface area contributed by atoms with Crippen LogP contribution in [0.2, 0.25) is 0 Å². The summed E-state index contributed by atoms with van der Waals surface area (Å²) < 4.78 is 12.3. The highest BCUT2D eigenvalue weighted by atomic mass is 32.2. The second-order valence-electron chi connectivity index (χ2n) is 9.12. The second kappa shape index (κ2) is 11.1. The zero-order valence-corrected chi connectivity index (χ0v) is 21.2. The number of hydrogen-bond acceptors (Lipinski definition) is 7. The predicted molar refractivity (Wildman–Crippen MR) is 145 cm³/mol. The van der Waals surface area contributed by atoms with Crippen molar-refractivity contribution < 1.29 is 9.15 Å². The first kappa shape index (κ1) is 23.7. The molecule has 2 aromatic heterocycles. The molecule has 2 aromatic carbocycles. The monoisotopic (exact) mass is 488 g/mol. The van der Waals surface area contributed by atoms with E-state index in [0.717, 1.165) is 52.5 Å². The number of anilines is 1. The van der Waals surface area contributed by atoms with Gasteiger partial charge in [0.25, 0.3) is 0 Å². The second-order valence-corrected chi connectivity index (χ2v) is 10.5. The van der Waals surface area contributed by atoms with Gasteiger partial charge in [0.15, 0.2) is 0 Å². The van der Waals surface area contributed by atoms with Crippen LogP contribution in [0, 0.1) is 0 Å². The summed E-state index contributed by atoms with van der Waals surface area (Å²) in [6, 6.07) is 18.4. The van der Waals surface area contributed by atoms with E-state index in [1.807, 2.05) is 44.4 Å². The van der Waals surface area contributed by atoms with Crippen LogP contribution in [-0.4, -0.2) is 59.7 Å². The van der Waals surface area contributed by atoms with Gasteiger partial charge in [-0.25, -0.2) is 9.97 Å². The van der Waals surface area contributed by atoms with Crippen LogP contribution in [0.25, 0.3) is 33.6 Å². The lowest BCUT2D eigenvalue weighted by molar-refractivity contribution is 0.261. The lowest BCUT2D eigenvalue weighted by Gasteiger charge is -2.21. The van der Waals surface area contributed by atoms with Crippen molar-refractivity contribution in [3.8, 4) is 28.2 Å². The normalized spacial score (nSPS) is 16.0. The molecule has 1 aliphatic rings. The molecule has 0 saturated carbocycles. The van der Waals surface area contributed by atoms with Crippen molar-refractivity contribution in [2.75, 3.05) is 44.9 Å². The number of likely N-dealkylation sites (N-methyl/N-ethyl adjacent to an activating group) is 1. The van der Waals surface area contributed by atoms with Crippen molar-refractivity contribution in [1.29, 1.82) is 0 Å². The van der Waals surface area contributed by atoms with E-state index < -0.39 is 0 Å². The van der Waals surface area contributed by atoms with Crippen LogP contribution >= 0.6 is 11.8 Å². The fourth-order valence-electron chi connectivity index (χ4n) is 4.38. The zero-order chi connectivity index (χ0) is 24.0. The van der Waals surface area contributed by atoms with E-state index in [4.69, 9.17) is 9.15 Å². The molecule has 182 valence electrons. The maximum absolute atomic E-state index is 6.38. The average molecular weight is 489 g/mol. The van der Waals surface area contributed by atoms with Crippen molar-refractivity contribution >= 4 is 28.7 Å². The molecule has 1 saturated heterocycles. The summed E-state index contributed by atoms with van der Waals surface area (Å²) in [5.41, 5.74) is 3.67. The minimum absolute atomic E-state index is 0.596. The fraction of sp³-hybridized carbons (Fsp3) is 0.357. The van der Waals surface area contributed by atoms with Crippen molar-refractivity contribution in [3.63, 3.8) is 0 Å². The molecule has 1 aliphatic heterocycles. The van der Waals surface area contributed by atoms with Crippen molar-refractivity contribution in [3.05, 3.63) is 60.9 Å². The molecule has 7 heteroatoms. The molecular formula is C28H32N4O2S. The van der Waals surface area contributed by atoms with Crippen molar-refractivity contribution in [2.24, 2.45) is 0 Å². The van der Waals surface area contributed by atoms with Crippen LogP contribution in [0.5, 0.6) is 5.75 Å². The number of hydrogen-bond donors (Lipinski definition) is 1. The highest BCUT2D eigenvalue weighted by Gasteiger charge is 2.23. The van der Waals surface area contributed by atoms with Crippen LogP contribution < -0.4 is 10.1 Å². The Balaban J connectivity index is 1.50. The Morgan fingerprint density at radius 2 is 1.86 bits per heavy atom. The largest absolute Gasteiger partial charge is 0.492 e. The zero-order valence-electron chi connectivity index (χ0n) is 20.4. The Kier molecular flexibility index (Phi) is 7.54. The van der Waals surface area contributed by atoms with Gasteiger partial charge in [0.05, 0.1) is 5.39 Å². The van der Waals surface area contributed by atoms with E-state index in [-0.39, 0.29) is 0 Å². The van der Waals surface area contributed by atoms with Crippen LogP contribution in [0.15, 0.2) is 65.3 Å². The predicted octanol–water partition coefficient (Wildman–Crippen LogP) is 6.19. The molecule has 3 heterocycles. The molecular weight excluding hydrogens is 456 g/mol. The standard InChI is InChI=1S/C28H32N4O2S/c1-32(2)15-16-33-22-13-11-21(12-14-22)26-24(20-8-4-3-5-9-20)25-27(30-19-31-28(25)34-26)29-18-23-10-6-7-17-35-23/h3-5,8-9,11-14,19,23H,6-7,10,15-18H2,1-2H3,(H,29,30,31)/t23-/m0/s1. The molecule has 5 rings (SSSR count). The molecule has 1 fully saturated rings. The summed E-state index contributed by atoms with van der Waals surface area (Å²) in [5, 5.41) is 5.16. The summed E-state index contributed by atoms with van der Waals surface area (Å²) in [7, 11) is 4.08. The van der Waals surface area contributed by atoms with Gasteiger partial charge in [-0.05, 0) is 62.5 Å². The first-order valence-corrected chi connectivity index (χ1v) is 13.3. The van der Waals surface area contributed by atoms with Gasteiger partial charge in [-0.15, -0.1) is 0 Å². The maximum atomic E-state index is 6.38. The molecule has 0 unspecified atom stereocenters. The van der Waals surface area contributed by atoms with Gasteiger partial charge in [-0.3, -0.25) is 0 Å². The Hall–Kier alpha value is -3.03. The first-order chi connectivity index (χ1) is 17.2. The van der Waals surface area contributed by atoms with Crippen molar-refractivity contribution in [1.82, 2.24) is 14.9 Å². The third-order valence-corrected chi connectivity index (χ3v) is 7.64. The van der Waals surface area contributed by atoms with Gasteiger partial charge in [-0.2, -0.15) is 11.8 Å². The van der Waals surface area contributed by atoms with Gasteiger partial charge in [0.2, 0.25) is 5.71 Å². The van der Waals surface area contributed by atoms with E-state index in [1.165, 1.54) is 25.0 Å². The number of thioether (sulfide) groups is 1. The Morgan fingerprint density at radius 1 is 1.03 bits per heavy atom. The van der Waals surface area contributed by atoms with Gasteiger partial charge < -0.3 is 19.4 Å². The molecule has 1 atom stereocenters. The number of ether oxygens (including phenoxy) is 1. The van der Waals surface area contributed by atoms with Crippen LogP contribution in [-0.2, 0) is 0 Å². The SMILES string of the molecule is CN(C)CCOc1ccc(-c2oc3ncnc(NC[C@@H]4CCCCS4)c3c2-c2ccccc2)cc1. The summed E-state index contributed by atoms with van der Waals surface area (Å²) >= 11 is 2.05. The Morgan fingerprint density at radius 3 is 2.60 bits per heavy atom. The van der Waals surface area contributed by atoms with Crippen LogP contribution in [0.4, 0.5) is 5.82 Å². The number of benzene rings is 2. The van der Waals surface area contributed by atoms with Crippen molar-refractivity contribution in [2.45, 2.75) is 24.5 Å². The van der Waals surface area contributed by atoms with Gasteiger partial charge >= 0.3 is 0 Å². The average Bonchev–Trinajstić information content (AvgIpc) is 3.29. The van der Waals surface area contributed by atoms with Crippen LogP contribution in [0.1, 0.15) is 19.3 Å². The molecule has 0 bridgehead atoms. The lowest BCUT2D eigenvalue weighted by Crippen LogP contribution is -2.20. The maximum Gasteiger partial charge on any atom is 0.232 e. The number of fused-ring (bicyclic) bond motifs is 1. The minimum atomic E-state index is 0.596. The number of nitrogens with one attached hydrogen (secondary N) is 1. The van der Waals surface area contributed by atoms with Gasteiger partial charge in [-0.1, -0.05) is 36.8 Å². The van der Waals surface area contributed by atoms with E-state index in [2.05, 4.69) is 56.2 Å². The van der Waals surface area contributed by atoms with Crippen LogP contribution in [0.3, 0.4) is 0 Å². The summed E-state index contributed by atoms with van der Waals surface area (Å²) in [5.74, 6) is 3.71. The fourth-order valence-corrected chi connectivity index (χ4v) is 5.62. The molecule has 0 aliphatic carbocycles. The Bertz CT molecular complexity index is 1240. The Labute approximate surface area is 211 Å². The molecule has 6 nitrogen and oxygen atoms in total. The quantitative estimate of drug-likeness (QED) is 0.301. The van der Waals surface area contributed by atoms with Gasteiger partial charge in [0.1, 0.15) is 30.3 Å². The molecule has 35 heavy (non-hydrogen) atoms. The summed E-state index contributed by atoms with van der Waals surface area (Å²) in [6.45, 7) is 2.41. The molecule has 0 radical (unpaired) electrons. The van der Waals surface area contributed by atoms with E-state index in [0.29, 0.717) is 17.6 Å². The molecule has 1 N–H and O–H groups in total. The topological polar surface area (TPSA) is 63.4 Å².